The van der Waals surface area contributed by atoms with E-state index in [4.69, 9.17) is 16.3 Å². The molecule has 0 spiro atoms. The minimum atomic E-state index is 0.206. The number of nitrogens with one attached hydrogen (secondary N) is 2. The lowest BCUT2D eigenvalue weighted by atomic mass is 10.2. The van der Waals surface area contributed by atoms with E-state index >= 15 is 0 Å². The SMILES string of the molecule is CCCNc1nc(Cl)nc(NC2CCC(OC)C2)n1. The van der Waals surface area contributed by atoms with Crippen molar-refractivity contribution >= 4 is 23.5 Å². The third-order valence-corrected chi connectivity index (χ3v) is 3.36. The summed E-state index contributed by atoms with van der Waals surface area (Å²) in [6.07, 6.45) is 4.42. The molecule has 1 fully saturated rings. The summed E-state index contributed by atoms with van der Waals surface area (Å²) in [7, 11) is 1.75. The second-order valence-electron chi connectivity index (χ2n) is 4.69. The first-order valence-corrected chi connectivity index (χ1v) is 7.03. The highest BCUT2D eigenvalue weighted by Crippen LogP contribution is 2.24. The van der Waals surface area contributed by atoms with Gasteiger partial charge in [0.15, 0.2) is 0 Å². The van der Waals surface area contributed by atoms with Crippen molar-refractivity contribution in [1.29, 1.82) is 0 Å². The van der Waals surface area contributed by atoms with Gasteiger partial charge in [-0.25, -0.2) is 0 Å². The Hall–Kier alpha value is -1.14. The van der Waals surface area contributed by atoms with Crippen molar-refractivity contribution in [2.24, 2.45) is 0 Å². The molecule has 0 aliphatic heterocycles. The summed E-state index contributed by atoms with van der Waals surface area (Å²) in [6, 6.07) is 0.336. The molecule has 1 aromatic heterocycles. The largest absolute Gasteiger partial charge is 0.381 e. The summed E-state index contributed by atoms with van der Waals surface area (Å²) in [5.74, 6) is 1.05. The molecule has 0 aromatic carbocycles. The number of hydrogen-bond acceptors (Lipinski definition) is 6. The van der Waals surface area contributed by atoms with Gasteiger partial charge in [-0.1, -0.05) is 6.92 Å². The van der Waals surface area contributed by atoms with Crippen LogP contribution in [0.4, 0.5) is 11.9 Å². The van der Waals surface area contributed by atoms with Crippen molar-refractivity contribution in [3.8, 4) is 0 Å². The average Bonchev–Trinajstić information content (AvgIpc) is 2.83. The van der Waals surface area contributed by atoms with Gasteiger partial charge in [-0.05, 0) is 37.3 Å². The molecule has 7 heteroatoms. The van der Waals surface area contributed by atoms with E-state index in [1.807, 2.05) is 0 Å². The number of rotatable bonds is 6. The van der Waals surface area contributed by atoms with E-state index in [0.717, 1.165) is 32.2 Å². The fraction of sp³-hybridized carbons (Fsp3) is 0.750. The zero-order chi connectivity index (χ0) is 13.7. The van der Waals surface area contributed by atoms with Crippen LogP contribution in [0.1, 0.15) is 32.6 Å². The fourth-order valence-corrected chi connectivity index (χ4v) is 2.36. The minimum absolute atomic E-state index is 0.206. The first-order valence-electron chi connectivity index (χ1n) is 6.66. The second-order valence-corrected chi connectivity index (χ2v) is 5.03. The van der Waals surface area contributed by atoms with Gasteiger partial charge < -0.3 is 15.4 Å². The Morgan fingerprint density at radius 2 is 2.05 bits per heavy atom. The van der Waals surface area contributed by atoms with E-state index in [1.54, 1.807) is 7.11 Å². The molecule has 2 unspecified atom stereocenters. The van der Waals surface area contributed by atoms with Crippen LogP contribution in [-0.2, 0) is 4.74 Å². The molecule has 0 amide bonds. The molecular formula is C12H20ClN5O. The van der Waals surface area contributed by atoms with E-state index in [0.29, 0.717) is 24.0 Å². The minimum Gasteiger partial charge on any atom is -0.381 e. The highest BCUT2D eigenvalue weighted by atomic mass is 35.5. The van der Waals surface area contributed by atoms with Crippen LogP contribution in [-0.4, -0.2) is 40.8 Å². The highest BCUT2D eigenvalue weighted by molar-refractivity contribution is 6.28. The van der Waals surface area contributed by atoms with Crippen LogP contribution in [0.2, 0.25) is 5.28 Å². The second kappa shape index (κ2) is 6.86. The monoisotopic (exact) mass is 285 g/mol. The number of nitrogens with zero attached hydrogens (tertiary/aromatic N) is 3. The van der Waals surface area contributed by atoms with Crippen LogP contribution in [0.25, 0.3) is 0 Å². The van der Waals surface area contributed by atoms with Gasteiger partial charge in [-0.3, -0.25) is 0 Å². The van der Waals surface area contributed by atoms with Crippen molar-refractivity contribution < 1.29 is 4.74 Å². The van der Waals surface area contributed by atoms with Gasteiger partial charge in [0.05, 0.1) is 6.10 Å². The number of anilines is 2. The Balaban J connectivity index is 1.97. The van der Waals surface area contributed by atoms with Gasteiger partial charge in [0, 0.05) is 19.7 Å². The van der Waals surface area contributed by atoms with Crippen molar-refractivity contribution in [3.63, 3.8) is 0 Å². The summed E-state index contributed by atoms with van der Waals surface area (Å²) < 4.78 is 5.35. The number of hydrogen-bond donors (Lipinski definition) is 2. The molecule has 1 saturated carbocycles. The number of aromatic nitrogens is 3. The molecular weight excluding hydrogens is 266 g/mol. The van der Waals surface area contributed by atoms with E-state index in [9.17, 15) is 0 Å². The molecule has 6 nitrogen and oxygen atoms in total. The molecule has 1 heterocycles. The standard InChI is InChI=1S/C12H20ClN5O/c1-3-6-14-11-16-10(13)17-12(18-11)15-8-4-5-9(7-8)19-2/h8-9H,3-7H2,1-2H3,(H2,14,15,16,17,18). The Labute approximate surface area is 118 Å². The lowest BCUT2D eigenvalue weighted by Gasteiger charge is -2.13. The van der Waals surface area contributed by atoms with Crippen LogP contribution in [0.3, 0.4) is 0 Å². The molecule has 0 saturated heterocycles. The molecule has 19 heavy (non-hydrogen) atoms. The van der Waals surface area contributed by atoms with Crippen LogP contribution >= 0.6 is 11.6 Å². The fourth-order valence-electron chi connectivity index (χ4n) is 2.20. The normalized spacial score (nSPS) is 22.5. The van der Waals surface area contributed by atoms with Gasteiger partial charge in [-0.2, -0.15) is 15.0 Å². The molecule has 2 N–H and O–H groups in total. The van der Waals surface area contributed by atoms with E-state index in [-0.39, 0.29) is 5.28 Å². The van der Waals surface area contributed by atoms with Gasteiger partial charge in [0.1, 0.15) is 0 Å². The number of methoxy groups -OCH3 is 1. The molecule has 0 bridgehead atoms. The summed E-state index contributed by atoms with van der Waals surface area (Å²) in [5.41, 5.74) is 0. The predicted molar refractivity (Wildman–Crippen MR) is 75.7 cm³/mol. The van der Waals surface area contributed by atoms with Crippen molar-refractivity contribution in [1.82, 2.24) is 15.0 Å². The molecule has 106 valence electrons. The molecule has 2 rings (SSSR count). The lowest BCUT2D eigenvalue weighted by molar-refractivity contribution is 0.108. The molecule has 1 aliphatic carbocycles. The lowest BCUT2D eigenvalue weighted by Crippen LogP contribution is -2.19. The molecule has 1 aromatic rings. The Kier molecular flexibility index (Phi) is 5.15. The van der Waals surface area contributed by atoms with E-state index in [2.05, 4.69) is 32.5 Å². The van der Waals surface area contributed by atoms with Crippen molar-refractivity contribution in [2.75, 3.05) is 24.3 Å². The number of ether oxygens (including phenoxy) is 1. The summed E-state index contributed by atoms with van der Waals surface area (Å²) >= 11 is 5.90. The Morgan fingerprint density at radius 1 is 1.26 bits per heavy atom. The summed E-state index contributed by atoms with van der Waals surface area (Å²) in [4.78, 5) is 12.5. The molecule has 2 atom stereocenters. The van der Waals surface area contributed by atoms with Crippen LogP contribution < -0.4 is 10.6 Å². The van der Waals surface area contributed by atoms with E-state index in [1.165, 1.54) is 0 Å². The Bertz CT molecular complexity index is 417. The maximum atomic E-state index is 5.90. The predicted octanol–water partition coefficient (Wildman–Crippen LogP) is 2.33. The van der Waals surface area contributed by atoms with Crippen LogP contribution in [0.5, 0.6) is 0 Å². The Morgan fingerprint density at radius 3 is 2.74 bits per heavy atom. The van der Waals surface area contributed by atoms with Crippen molar-refractivity contribution in [2.45, 2.75) is 44.8 Å². The van der Waals surface area contributed by atoms with Gasteiger partial charge in [-0.15, -0.1) is 0 Å². The molecule has 1 aliphatic rings. The van der Waals surface area contributed by atoms with E-state index < -0.39 is 0 Å². The van der Waals surface area contributed by atoms with Gasteiger partial charge in [0.2, 0.25) is 17.2 Å². The highest BCUT2D eigenvalue weighted by Gasteiger charge is 2.25. The first-order chi connectivity index (χ1) is 9.21. The average molecular weight is 286 g/mol. The van der Waals surface area contributed by atoms with Gasteiger partial charge >= 0.3 is 0 Å². The van der Waals surface area contributed by atoms with Crippen LogP contribution in [0, 0.1) is 0 Å². The van der Waals surface area contributed by atoms with Crippen LogP contribution in [0.15, 0.2) is 0 Å². The zero-order valence-electron chi connectivity index (χ0n) is 11.3. The van der Waals surface area contributed by atoms with Crippen molar-refractivity contribution in [3.05, 3.63) is 5.28 Å². The number of halogens is 1. The maximum Gasteiger partial charge on any atom is 0.229 e. The topological polar surface area (TPSA) is 72.0 Å². The smallest absolute Gasteiger partial charge is 0.229 e. The summed E-state index contributed by atoms with van der Waals surface area (Å²) in [6.45, 7) is 2.90. The van der Waals surface area contributed by atoms with Gasteiger partial charge in [0.25, 0.3) is 0 Å². The quantitative estimate of drug-likeness (QED) is 0.836. The first kappa shape index (κ1) is 14.3. The zero-order valence-corrected chi connectivity index (χ0v) is 12.1. The molecule has 0 radical (unpaired) electrons. The summed E-state index contributed by atoms with van der Waals surface area (Å²) in [5, 5.41) is 6.61. The maximum absolute atomic E-state index is 5.90. The third kappa shape index (κ3) is 4.18. The third-order valence-electron chi connectivity index (χ3n) is 3.19.